The summed E-state index contributed by atoms with van der Waals surface area (Å²) in [6.45, 7) is 0. The summed E-state index contributed by atoms with van der Waals surface area (Å²) in [4.78, 5) is 0. The normalized spacial score (nSPS) is 14.0. The van der Waals surface area contributed by atoms with Gasteiger partial charge in [0.1, 0.15) is 15.4 Å². The second-order valence-electron chi connectivity index (χ2n) is 4.12. The van der Waals surface area contributed by atoms with Gasteiger partial charge >= 0.3 is 0 Å². The molecule has 0 radical (unpaired) electrons. The first-order valence-electron chi connectivity index (χ1n) is 5.29. The number of sulfone groups is 1. The highest BCUT2D eigenvalue weighted by Gasteiger charge is 2.16. The number of aliphatic hydroxyl groups is 1. The van der Waals surface area contributed by atoms with Gasteiger partial charge in [-0.15, -0.1) is 0 Å². The predicted molar refractivity (Wildman–Crippen MR) is 65.5 cm³/mol. The molecule has 4 nitrogen and oxygen atoms in total. The lowest BCUT2D eigenvalue weighted by Crippen LogP contribution is -2.08. The SMILES string of the molecule is CS(=O)(=O)CCC(O)c1coc2ccccc12. The van der Waals surface area contributed by atoms with Gasteiger partial charge in [0.05, 0.1) is 18.1 Å². The van der Waals surface area contributed by atoms with Gasteiger partial charge in [-0.3, -0.25) is 0 Å². The second-order valence-corrected chi connectivity index (χ2v) is 6.38. The summed E-state index contributed by atoms with van der Waals surface area (Å²) in [6, 6.07) is 7.35. The first-order valence-corrected chi connectivity index (χ1v) is 7.35. The highest BCUT2D eigenvalue weighted by atomic mass is 32.2. The van der Waals surface area contributed by atoms with Crippen molar-refractivity contribution in [3.63, 3.8) is 0 Å². The molecule has 17 heavy (non-hydrogen) atoms. The van der Waals surface area contributed by atoms with Gasteiger partial charge in [-0.05, 0) is 12.5 Å². The lowest BCUT2D eigenvalue weighted by Gasteiger charge is -2.07. The second kappa shape index (κ2) is 4.50. The fraction of sp³-hybridized carbons (Fsp3) is 0.333. The summed E-state index contributed by atoms with van der Waals surface area (Å²) in [7, 11) is -3.05. The molecule has 0 amide bonds. The minimum Gasteiger partial charge on any atom is -0.464 e. The molecule has 0 spiro atoms. The van der Waals surface area contributed by atoms with Crippen molar-refractivity contribution in [3.8, 4) is 0 Å². The highest BCUT2D eigenvalue weighted by Crippen LogP contribution is 2.28. The van der Waals surface area contributed by atoms with Crippen LogP contribution in [0.1, 0.15) is 18.1 Å². The average molecular weight is 254 g/mol. The number of hydrogen-bond donors (Lipinski definition) is 1. The molecule has 0 fully saturated rings. The standard InChI is InChI=1S/C12H14O4S/c1-17(14,15)7-6-11(13)10-8-16-12-5-3-2-4-9(10)12/h2-5,8,11,13H,6-7H2,1H3. The minimum absolute atomic E-state index is 0.0341. The molecular formula is C12H14O4S. The first-order chi connectivity index (χ1) is 7.97. The minimum atomic E-state index is -3.05. The largest absolute Gasteiger partial charge is 0.464 e. The smallest absolute Gasteiger partial charge is 0.147 e. The van der Waals surface area contributed by atoms with E-state index in [2.05, 4.69) is 0 Å². The van der Waals surface area contributed by atoms with Crippen molar-refractivity contribution in [2.75, 3.05) is 12.0 Å². The van der Waals surface area contributed by atoms with E-state index >= 15 is 0 Å². The van der Waals surface area contributed by atoms with Crippen LogP contribution in [-0.2, 0) is 9.84 Å². The van der Waals surface area contributed by atoms with Crippen molar-refractivity contribution < 1.29 is 17.9 Å². The Labute approximate surface area is 99.8 Å². The van der Waals surface area contributed by atoms with Crippen LogP contribution in [0, 0.1) is 0 Å². The van der Waals surface area contributed by atoms with E-state index in [0.29, 0.717) is 11.1 Å². The zero-order valence-corrected chi connectivity index (χ0v) is 10.3. The molecule has 0 aliphatic carbocycles. The molecule has 1 heterocycles. The molecule has 92 valence electrons. The quantitative estimate of drug-likeness (QED) is 0.904. The number of benzene rings is 1. The van der Waals surface area contributed by atoms with Gasteiger partial charge in [0.15, 0.2) is 0 Å². The molecule has 0 aliphatic heterocycles. The molecule has 1 unspecified atom stereocenters. The van der Waals surface area contributed by atoms with Gasteiger partial charge in [0.25, 0.3) is 0 Å². The van der Waals surface area contributed by atoms with Crippen LogP contribution in [-0.4, -0.2) is 25.5 Å². The summed E-state index contributed by atoms with van der Waals surface area (Å²) in [6.07, 6.45) is 2.01. The van der Waals surface area contributed by atoms with E-state index in [1.807, 2.05) is 24.3 Å². The molecule has 2 aromatic rings. The number of furan rings is 1. The first kappa shape index (κ1) is 12.1. The Morgan fingerprint density at radius 1 is 1.35 bits per heavy atom. The predicted octanol–water partition coefficient (Wildman–Crippen LogP) is 1.90. The van der Waals surface area contributed by atoms with Gasteiger partial charge in [0.2, 0.25) is 0 Å². The van der Waals surface area contributed by atoms with Crippen molar-refractivity contribution >= 4 is 20.8 Å². The van der Waals surface area contributed by atoms with Crippen LogP contribution >= 0.6 is 0 Å². The lowest BCUT2D eigenvalue weighted by molar-refractivity contribution is 0.175. The molecule has 1 aromatic carbocycles. The molecule has 0 saturated heterocycles. The molecular weight excluding hydrogens is 240 g/mol. The maximum Gasteiger partial charge on any atom is 0.147 e. The van der Waals surface area contributed by atoms with Crippen molar-refractivity contribution in [1.82, 2.24) is 0 Å². The number of para-hydroxylation sites is 1. The van der Waals surface area contributed by atoms with Crippen LogP contribution in [0.15, 0.2) is 34.9 Å². The summed E-state index contributed by atoms with van der Waals surface area (Å²) < 4.78 is 27.4. The fourth-order valence-corrected chi connectivity index (χ4v) is 2.39. The topological polar surface area (TPSA) is 67.5 Å². The van der Waals surface area contributed by atoms with Crippen molar-refractivity contribution in [3.05, 3.63) is 36.1 Å². The number of rotatable bonds is 4. The Morgan fingerprint density at radius 3 is 2.76 bits per heavy atom. The van der Waals surface area contributed by atoms with Crippen LogP contribution in [0.4, 0.5) is 0 Å². The third kappa shape index (κ3) is 2.87. The summed E-state index contributed by atoms with van der Waals surface area (Å²) in [5.41, 5.74) is 1.34. The van der Waals surface area contributed by atoms with Gasteiger partial charge in [-0.25, -0.2) is 8.42 Å². The Kier molecular flexibility index (Phi) is 3.22. The molecule has 5 heteroatoms. The number of aliphatic hydroxyl groups excluding tert-OH is 1. The summed E-state index contributed by atoms with van der Waals surface area (Å²) in [5, 5.41) is 10.8. The van der Waals surface area contributed by atoms with Crippen LogP contribution < -0.4 is 0 Å². The van der Waals surface area contributed by atoms with Crippen molar-refractivity contribution in [2.24, 2.45) is 0 Å². The van der Waals surface area contributed by atoms with E-state index in [1.54, 1.807) is 0 Å². The third-order valence-electron chi connectivity index (χ3n) is 2.63. The van der Waals surface area contributed by atoms with E-state index < -0.39 is 15.9 Å². The summed E-state index contributed by atoms with van der Waals surface area (Å²) >= 11 is 0. The average Bonchev–Trinajstić information content (AvgIpc) is 2.68. The molecule has 0 aliphatic rings. The number of fused-ring (bicyclic) bond motifs is 1. The zero-order valence-electron chi connectivity index (χ0n) is 9.46. The molecule has 2 rings (SSSR count). The van der Waals surface area contributed by atoms with Crippen LogP contribution in [0.2, 0.25) is 0 Å². The van der Waals surface area contributed by atoms with E-state index in [-0.39, 0.29) is 12.2 Å². The Bertz CT molecular complexity index is 612. The highest BCUT2D eigenvalue weighted by molar-refractivity contribution is 7.90. The van der Waals surface area contributed by atoms with E-state index in [4.69, 9.17) is 4.42 Å². The van der Waals surface area contributed by atoms with Crippen molar-refractivity contribution in [1.29, 1.82) is 0 Å². The molecule has 1 aromatic heterocycles. The maximum atomic E-state index is 11.0. The van der Waals surface area contributed by atoms with Crippen molar-refractivity contribution in [2.45, 2.75) is 12.5 Å². The molecule has 1 atom stereocenters. The van der Waals surface area contributed by atoms with Gasteiger partial charge in [-0.1, -0.05) is 18.2 Å². The maximum absolute atomic E-state index is 11.0. The van der Waals surface area contributed by atoms with E-state index in [0.717, 1.165) is 11.6 Å². The third-order valence-corrected chi connectivity index (χ3v) is 3.61. The van der Waals surface area contributed by atoms with Gasteiger partial charge in [-0.2, -0.15) is 0 Å². The summed E-state index contributed by atoms with van der Waals surface area (Å²) in [5.74, 6) is -0.0341. The Morgan fingerprint density at radius 2 is 2.06 bits per heavy atom. The van der Waals surface area contributed by atoms with E-state index in [1.165, 1.54) is 6.26 Å². The fourth-order valence-electron chi connectivity index (χ4n) is 1.74. The Balaban J connectivity index is 2.22. The number of hydrogen-bond acceptors (Lipinski definition) is 4. The molecule has 0 bridgehead atoms. The van der Waals surface area contributed by atoms with Gasteiger partial charge in [0, 0.05) is 17.2 Å². The van der Waals surface area contributed by atoms with E-state index in [9.17, 15) is 13.5 Å². The van der Waals surface area contributed by atoms with Crippen LogP contribution in [0.25, 0.3) is 11.0 Å². The lowest BCUT2D eigenvalue weighted by atomic mass is 10.1. The zero-order chi connectivity index (χ0) is 12.5. The Hall–Kier alpha value is -1.33. The van der Waals surface area contributed by atoms with Crippen LogP contribution in [0.3, 0.4) is 0 Å². The van der Waals surface area contributed by atoms with Gasteiger partial charge < -0.3 is 9.52 Å². The molecule has 0 saturated carbocycles. The molecule has 1 N–H and O–H groups in total. The monoisotopic (exact) mass is 254 g/mol. The van der Waals surface area contributed by atoms with Crippen LogP contribution in [0.5, 0.6) is 0 Å².